The van der Waals surface area contributed by atoms with Crippen LogP contribution in [0.4, 0.5) is 11.4 Å². The number of hydrogen-bond acceptors (Lipinski definition) is 4. The van der Waals surface area contributed by atoms with Crippen molar-refractivity contribution in [1.82, 2.24) is 0 Å². The Balaban J connectivity index is 2.42. The van der Waals surface area contributed by atoms with E-state index in [2.05, 4.69) is 0 Å². The predicted octanol–water partition coefficient (Wildman–Crippen LogP) is 4.84. The molecule has 3 aromatic rings. The van der Waals surface area contributed by atoms with Crippen LogP contribution in [0.5, 0.6) is 0 Å². The number of benzene rings is 3. The van der Waals surface area contributed by atoms with E-state index in [-0.39, 0.29) is 5.56 Å². The van der Waals surface area contributed by atoms with Gasteiger partial charge in [0.05, 0.1) is 15.4 Å². The lowest BCUT2D eigenvalue weighted by Gasteiger charge is -2.11. The molecule has 0 fully saturated rings. The molecular formula is C18H12N2O4. The fourth-order valence-corrected chi connectivity index (χ4v) is 2.67. The Morgan fingerprint density at radius 2 is 1.17 bits per heavy atom. The van der Waals surface area contributed by atoms with E-state index in [0.717, 1.165) is 5.56 Å². The molecule has 0 atom stereocenters. The third kappa shape index (κ3) is 2.72. The van der Waals surface area contributed by atoms with Crippen molar-refractivity contribution in [3.8, 4) is 22.3 Å². The van der Waals surface area contributed by atoms with Crippen molar-refractivity contribution >= 4 is 11.4 Å². The molecule has 0 N–H and O–H groups in total. The van der Waals surface area contributed by atoms with Gasteiger partial charge in [-0.3, -0.25) is 20.2 Å². The summed E-state index contributed by atoms with van der Waals surface area (Å²) in [7, 11) is 0. The van der Waals surface area contributed by atoms with Crippen molar-refractivity contribution in [3.63, 3.8) is 0 Å². The van der Waals surface area contributed by atoms with Crippen molar-refractivity contribution in [3.05, 3.63) is 93.0 Å². The van der Waals surface area contributed by atoms with Crippen LogP contribution in [-0.4, -0.2) is 9.85 Å². The molecular weight excluding hydrogens is 308 g/mol. The maximum atomic E-state index is 11.6. The third-order valence-electron chi connectivity index (χ3n) is 3.68. The molecule has 0 radical (unpaired) electrons. The van der Waals surface area contributed by atoms with E-state index in [1.54, 1.807) is 36.4 Å². The van der Waals surface area contributed by atoms with Gasteiger partial charge in [0.2, 0.25) is 0 Å². The summed E-state index contributed by atoms with van der Waals surface area (Å²) in [6, 6.07) is 20.5. The van der Waals surface area contributed by atoms with Gasteiger partial charge in [0.1, 0.15) is 0 Å². The molecule has 0 aromatic heterocycles. The first-order valence-electron chi connectivity index (χ1n) is 7.16. The fourth-order valence-electron chi connectivity index (χ4n) is 2.67. The molecule has 24 heavy (non-hydrogen) atoms. The molecule has 3 aromatic carbocycles. The number of rotatable bonds is 4. The molecule has 0 spiro atoms. The van der Waals surface area contributed by atoms with E-state index < -0.39 is 21.2 Å². The van der Waals surface area contributed by atoms with Crippen LogP contribution in [0.15, 0.2) is 72.8 Å². The predicted molar refractivity (Wildman–Crippen MR) is 90.6 cm³/mol. The van der Waals surface area contributed by atoms with Gasteiger partial charge in [0.15, 0.2) is 0 Å². The van der Waals surface area contributed by atoms with Crippen LogP contribution in [0.3, 0.4) is 0 Å². The molecule has 3 rings (SSSR count). The first-order valence-corrected chi connectivity index (χ1v) is 7.16. The van der Waals surface area contributed by atoms with E-state index in [9.17, 15) is 20.2 Å². The van der Waals surface area contributed by atoms with Crippen LogP contribution in [0.1, 0.15) is 0 Å². The van der Waals surface area contributed by atoms with Crippen LogP contribution in [-0.2, 0) is 0 Å². The molecule has 0 saturated carbocycles. The molecule has 0 unspecified atom stereocenters. The monoisotopic (exact) mass is 320 g/mol. The lowest BCUT2D eigenvalue weighted by molar-refractivity contribution is -0.422. The summed E-state index contributed by atoms with van der Waals surface area (Å²) in [6.07, 6.45) is 0. The second kappa shape index (κ2) is 6.29. The first kappa shape index (κ1) is 15.4. The van der Waals surface area contributed by atoms with Gasteiger partial charge >= 0.3 is 11.4 Å². The van der Waals surface area contributed by atoms with E-state index in [1.165, 1.54) is 6.07 Å². The van der Waals surface area contributed by atoms with E-state index in [4.69, 9.17) is 0 Å². The largest absolute Gasteiger partial charge is 0.354 e. The highest BCUT2D eigenvalue weighted by molar-refractivity contribution is 5.92. The zero-order chi connectivity index (χ0) is 17.1. The minimum Gasteiger partial charge on any atom is -0.258 e. The van der Waals surface area contributed by atoms with Gasteiger partial charge in [-0.05, 0) is 22.8 Å². The maximum Gasteiger partial charge on any atom is 0.354 e. The topological polar surface area (TPSA) is 86.3 Å². The Hall–Kier alpha value is -3.54. The van der Waals surface area contributed by atoms with Gasteiger partial charge in [-0.15, -0.1) is 0 Å². The minimum atomic E-state index is -0.723. The fraction of sp³-hybridized carbons (Fsp3) is 0. The smallest absolute Gasteiger partial charge is 0.258 e. The molecule has 0 aliphatic heterocycles. The van der Waals surface area contributed by atoms with Crippen LogP contribution >= 0.6 is 0 Å². The van der Waals surface area contributed by atoms with Crippen LogP contribution in [0.25, 0.3) is 22.3 Å². The summed E-state index contributed by atoms with van der Waals surface area (Å²) in [6.45, 7) is 0. The summed E-state index contributed by atoms with van der Waals surface area (Å²) in [5.74, 6) is 0. The Bertz CT molecular complexity index is 909. The average molecular weight is 320 g/mol. The average Bonchev–Trinajstić information content (AvgIpc) is 2.61. The molecule has 0 aliphatic rings. The summed E-state index contributed by atoms with van der Waals surface area (Å²) >= 11 is 0. The van der Waals surface area contributed by atoms with Crippen LogP contribution in [0.2, 0.25) is 0 Å². The minimum absolute atomic E-state index is 0.251. The first-order chi connectivity index (χ1) is 11.6. The molecule has 6 nitrogen and oxygen atoms in total. The molecule has 0 saturated heterocycles. The molecule has 0 heterocycles. The van der Waals surface area contributed by atoms with Gasteiger partial charge in [-0.25, -0.2) is 0 Å². The second-order valence-corrected chi connectivity index (χ2v) is 5.10. The Kier molecular flexibility index (Phi) is 4.03. The number of nitro benzene ring substituents is 2. The zero-order valence-electron chi connectivity index (χ0n) is 12.5. The number of hydrogen-bond donors (Lipinski definition) is 0. The van der Waals surface area contributed by atoms with Gasteiger partial charge < -0.3 is 0 Å². The Morgan fingerprint density at radius 1 is 0.625 bits per heavy atom. The maximum absolute atomic E-state index is 11.6. The Labute approximate surface area is 137 Å². The Morgan fingerprint density at radius 3 is 1.67 bits per heavy atom. The number of nitrogens with zero attached hydrogens (tertiary/aromatic N) is 2. The van der Waals surface area contributed by atoms with Crippen molar-refractivity contribution in [2.45, 2.75) is 0 Å². The SMILES string of the molecule is O=[N+]([O-])c1ccc(-c2ccccc2)c(-c2ccccc2)c1[N+](=O)[O-]. The summed E-state index contributed by atoms with van der Waals surface area (Å²) in [4.78, 5) is 21.5. The zero-order valence-corrected chi connectivity index (χ0v) is 12.5. The summed E-state index contributed by atoms with van der Waals surface area (Å²) in [5, 5.41) is 22.9. The van der Waals surface area contributed by atoms with E-state index >= 15 is 0 Å². The van der Waals surface area contributed by atoms with Crippen LogP contribution < -0.4 is 0 Å². The van der Waals surface area contributed by atoms with Crippen molar-refractivity contribution in [1.29, 1.82) is 0 Å². The van der Waals surface area contributed by atoms with Gasteiger partial charge in [0, 0.05) is 6.07 Å². The van der Waals surface area contributed by atoms with E-state index in [1.807, 2.05) is 30.3 Å². The summed E-state index contributed by atoms with van der Waals surface area (Å²) in [5.41, 5.74) is 1.15. The normalized spacial score (nSPS) is 10.3. The molecule has 0 aliphatic carbocycles. The highest BCUT2D eigenvalue weighted by Crippen LogP contribution is 2.44. The molecule has 0 amide bonds. The lowest BCUT2D eigenvalue weighted by atomic mass is 9.92. The lowest BCUT2D eigenvalue weighted by Crippen LogP contribution is -2.00. The molecule has 0 bridgehead atoms. The van der Waals surface area contributed by atoms with Crippen molar-refractivity contribution in [2.24, 2.45) is 0 Å². The number of nitro groups is 2. The van der Waals surface area contributed by atoms with Gasteiger partial charge in [-0.1, -0.05) is 60.7 Å². The second-order valence-electron chi connectivity index (χ2n) is 5.10. The van der Waals surface area contributed by atoms with E-state index in [0.29, 0.717) is 11.1 Å². The summed E-state index contributed by atoms with van der Waals surface area (Å²) < 4.78 is 0. The molecule has 118 valence electrons. The standard InChI is InChI=1S/C18H12N2O4/c21-19(22)16-12-11-15(13-7-3-1-4-8-13)17(18(16)20(23)24)14-9-5-2-6-10-14/h1-12H. The van der Waals surface area contributed by atoms with Crippen molar-refractivity contribution in [2.75, 3.05) is 0 Å². The highest BCUT2D eigenvalue weighted by atomic mass is 16.6. The van der Waals surface area contributed by atoms with Crippen LogP contribution in [0, 0.1) is 20.2 Å². The highest BCUT2D eigenvalue weighted by Gasteiger charge is 2.31. The third-order valence-corrected chi connectivity index (χ3v) is 3.68. The quantitative estimate of drug-likeness (QED) is 0.508. The van der Waals surface area contributed by atoms with Crippen molar-refractivity contribution < 1.29 is 9.85 Å². The van der Waals surface area contributed by atoms with Gasteiger partial charge in [-0.2, -0.15) is 0 Å². The van der Waals surface area contributed by atoms with Gasteiger partial charge in [0.25, 0.3) is 0 Å². The molecule has 6 heteroatoms.